The van der Waals surface area contributed by atoms with Gasteiger partial charge < -0.3 is 4.74 Å². The lowest BCUT2D eigenvalue weighted by molar-refractivity contribution is 0.172. The molecule has 106 valence electrons. The zero-order chi connectivity index (χ0) is 14.9. The van der Waals surface area contributed by atoms with Gasteiger partial charge in [-0.1, -0.05) is 45.0 Å². The fraction of sp³-hybridized carbons (Fsp3) is 0.353. The number of carbonyl (C=O) groups is 1. The standard InChI is InChI=1S/C17H21NO2/c1-6-9-13-12-10-7-8-11-14(12)18(16(19)20-5)15(13)17(2,3)4/h6-8,10-11H,1,9H2,2-5H3. The van der Waals surface area contributed by atoms with Gasteiger partial charge in [0, 0.05) is 16.5 Å². The number of hydrogen-bond donors (Lipinski definition) is 0. The maximum Gasteiger partial charge on any atom is 0.418 e. The number of methoxy groups -OCH3 is 1. The number of fused-ring (bicyclic) bond motifs is 1. The summed E-state index contributed by atoms with van der Waals surface area (Å²) in [5.41, 5.74) is 2.87. The van der Waals surface area contributed by atoms with Crippen LogP contribution in [-0.2, 0) is 16.6 Å². The Morgan fingerprint density at radius 3 is 2.55 bits per heavy atom. The molecule has 3 heteroatoms. The third kappa shape index (κ3) is 2.24. The lowest BCUT2D eigenvalue weighted by atomic mass is 9.87. The van der Waals surface area contributed by atoms with Gasteiger partial charge in [-0.25, -0.2) is 9.36 Å². The highest BCUT2D eigenvalue weighted by atomic mass is 16.5. The maximum atomic E-state index is 12.2. The van der Waals surface area contributed by atoms with Crippen LogP contribution in [0, 0.1) is 0 Å². The molecule has 0 N–H and O–H groups in total. The SMILES string of the molecule is C=CCc1c(C(C)(C)C)n(C(=O)OC)c2ccccc12. The highest BCUT2D eigenvalue weighted by molar-refractivity contribution is 5.94. The van der Waals surface area contributed by atoms with Crippen molar-refractivity contribution in [3.05, 3.63) is 48.2 Å². The zero-order valence-electron chi connectivity index (χ0n) is 12.6. The van der Waals surface area contributed by atoms with E-state index < -0.39 is 0 Å². The van der Waals surface area contributed by atoms with E-state index in [-0.39, 0.29) is 11.5 Å². The fourth-order valence-corrected chi connectivity index (χ4v) is 2.73. The van der Waals surface area contributed by atoms with E-state index in [4.69, 9.17) is 4.74 Å². The molecule has 0 unspecified atom stereocenters. The summed E-state index contributed by atoms with van der Waals surface area (Å²) in [6.45, 7) is 10.1. The van der Waals surface area contributed by atoms with E-state index in [2.05, 4.69) is 27.4 Å². The van der Waals surface area contributed by atoms with Gasteiger partial charge in [0.15, 0.2) is 0 Å². The predicted molar refractivity (Wildman–Crippen MR) is 82.3 cm³/mol. The smallest absolute Gasteiger partial charge is 0.418 e. The second kappa shape index (κ2) is 5.16. The number of benzene rings is 1. The first-order valence-electron chi connectivity index (χ1n) is 6.73. The second-order valence-electron chi connectivity index (χ2n) is 5.89. The van der Waals surface area contributed by atoms with Crippen LogP contribution in [0.2, 0.25) is 0 Å². The Balaban J connectivity index is 2.93. The van der Waals surface area contributed by atoms with Gasteiger partial charge in [-0.3, -0.25) is 0 Å². The molecule has 0 spiro atoms. The van der Waals surface area contributed by atoms with Crippen LogP contribution >= 0.6 is 0 Å². The Kier molecular flexibility index (Phi) is 3.71. The molecule has 20 heavy (non-hydrogen) atoms. The van der Waals surface area contributed by atoms with Crippen molar-refractivity contribution in [2.45, 2.75) is 32.6 Å². The summed E-state index contributed by atoms with van der Waals surface area (Å²) in [7, 11) is 1.41. The van der Waals surface area contributed by atoms with Gasteiger partial charge in [-0.2, -0.15) is 0 Å². The fourth-order valence-electron chi connectivity index (χ4n) is 2.73. The molecule has 0 aliphatic carbocycles. The van der Waals surface area contributed by atoms with E-state index in [1.807, 2.05) is 30.3 Å². The first-order valence-corrected chi connectivity index (χ1v) is 6.73. The van der Waals surface area contributed by atoms with Crippen molar-refractivity contribution in [2.24, 2.45) is 0 Å². The van der Waals surface area contributed by atoms with Crippen LogP contribution in [0.3, 0.4) is 0 Å². The predicted octanol–water partition coefficient (Wildman–Crippen LogP) is 4.28. The molecule has 0 bridgehead atoms. The van der Waals surface area contributed by atoms with Gasteiger partial charge in [0.1, 0.15) is 0 Å². The minimum absolute atomic E-state index is 0.161. The molecule has 0 radical (unpaired) electrons. The molecule has 0 amide bonds. The first kappa shape index (κ1) is 14.4. The summed E-state index contributed by atoms with van der Waals surface area (Å²) in [5, 5.41) is 1.09. The molecule has 2 aromatic rings. The number of rotatable bonds is 2. The molecular formula is C17H21NO2. The highest BCUT2D eigenvalue weighted by Crippen LogP contribution is 2.35. The number of nitrogens with zero attached hydrogens (tertiary/aromatic N) is 1. The zero-order valence-corrected chi connectivity index (χ0v) is 12.6. The third-order valence-electron chi connectivity index (χ3n) is 3.40. The van der Waals surface area contributed by atoms with Crippen molar-refractivity contribution in [2.75, 3.05) is 7.11 Å². The highest BCUT2D eigenvalue weighted by Gasteiger charge is 2.28. The summed E-state index contributed by atoms with van der Waals surface area (Å²) in [6.07, 6.45) is 2.26. The van der Waals surface area contributed by atoms with Crippen molar-refractivity contribution in [3.8, 4) is 0 Å². The summed E-state index contributed by atoms with van der Waals surface area (Å²) < 4.78 is 6.66. The van der Waals surface area contributed by atoms with Crippen molar-refractivity contribution in [1.29, 1.82) is 0 Å². The van der Waals surface area contributed by atoms with Crippen LogP contribution in [0.4, 0.5) is 4.79 Å². The van der Waals surface area contributed by atoms with Crippen LogP contribution in [0.15, 0.2) is 36.9 Å². The Labute approximate surface area is 119 Å². The molecular weight excluding hydrogens is 250 g/mol. The molecule has 1 aromatic carbocycles. The van der Waals surface area contributed by atoms with E-state index in [9.17, 15) is 4.79 Å². The van der Waals surface area contributed by atoms with Gasteiger partial charge in [0.2, 0.25) is 0 Å². The van der Waals surface area contributed by atoms with Gasteiger partial charge in [-0.15, -0.1) is 6.58 Å². The quantitative estimate of drug-likeness (QED) is 0.763. The molecule has 1 heterocycles. The summed E-state index contributed by atoms with van der Waals surface area (Å²) in [5.74, 6) is 0. The number of allylic oxidation sites excluding steroid dienone is 1. The van der Waals surface area contributed by atoms with Crippen LogP contribution in [-0.4, -0.2) is 17.8 Å². The molecule has 0 saturated heterocycles. The Bertz CT molecular complexity index is 659. The van der Waals surface area contributed by atoms with Crippen molar-refractivity contribution in [1.82, 2.24) is 4.57 Å². The molecule has 0 aliphatic heterocycles. The van der Waals surface area contributed by atoms with E-state index in [0.717, 1.165) is 28.6 Å². The third-order valence-corrected chi connectivity index (χ3v) is 3.40. The first-order chi connectivity index (χ1) is 9.41. The van der Waals surface area contributed by atoms with Crippen molar-refractivity contribution in [3.63, 3.8) is 0 Å². The van der Waals surface area contributed by atoms with E-state index >= 15 is 0 Å². The molecule has 2 rings (SSSR count). The lowest BCUT2D eigenvalue weighted by Gasteiger charge is -2.22. The number of carbonyl (C=O) groups excluding carboxylic acids is 1. The minimum atomic E-state index is -0.346. The topological polar surface area (TPSA) is 31.2 Å². The van der Waals surface area contributed by atoms with E-state index in [1.165, 1.54) is 7.11 Å². The normalized spacial score (nSPS) is 11.6. The van der Waals surface area contributed by atoms with Crippen LogP contribution in [0.5, 0.6) is 0 Å². The van der Waals surface area contributed by atoms with Crippen LogP contribution < -0.4 is 0 Å². The largest absolute Gasteiger partial charge is 0.452 e. The number of aromatic nitrogens is 1. The van der Waals surface area contributed by atoms with Gasteiger partial charge in [0.25, 0.3) is 0 Å². The molecule has 1 aromatic heterocycles. The number of ether oxygens (including phenoxy) is 1. The van der Waals surface area contributed by atoms with Crippen LogP contribution in [0.1, 0.15) is 32.0 Å². The maximum absolute atomic E-state index is 12.2. The van der Waals surface area contributed by atoms with E-state index in [1.54, 1.807) is 4.57 Å². The van der Waals surface area contributed by atoms with Gasteiger partial charge in [-0.05, 0) is 18.1 Å². The molecule has 0 aliphatic rings. The molecule has 0 saturated carbocycles. The monoisotopic (exact) mass is 271 g/mol. The van der Waals surface area contributed by atoms with Crippen molar-refractivity contribution >= 4 is 17.0 Å². The molecule has 3 nitrogen and oxygen atoms in total. The van der Waals surface area contributed by atoms with Gasteiger partial charge in [0.05, 0.1) is 12.6 Å². The second-order valence-corrected chi connectivity index (χ2v) is 5.89. The van der Waals surface area contributed by atoms with Gasteiger partial charge >= 0.3 is 6.09 Å². The van der Waals surface area contributed by atoms with E-state index in [0.29, 0.717) is 0 Å². The summed E-state index contributed by atoms with van der Waals surface area (Å²) in [6, 6.07) is 7.92. The van der Waals surface area contributed by atoms with Crippen molar-refractivity contribution < 1.29 is 9.53 Å². The summed E-state index contributed by atoms with van der Waals surface area (Å²) in [4.78, 5) is 12.2. The average Bonchev–Trinajstić information content (AvgIpc) is 2.73. The molecule has 0 fully saturated rings. The molecule has 0 atom stereocenters. The number of hydrogen-bond acceptors (Lipinski definition) is 2. The average molecular weight is 271 g/mol. The Morgan fingerprint density at radius 2 is 2.00 bits per heavy atom. The number of para-hydroxylation sites is 1. The van der Waals surface area contributed by atoms with Crippen LogP contribution in [0.25, 0.3) is 10.9 Å². The lowest BCUT2D eigenvalue weighted by Crippen LogP contribution is -2.24. The summed E-state index contributed by atoms with van der Waals surface area (Å²) >= 11 is 0. The minimum Gasteiger partial charge on any atom is -0.452 e. The Hall–Kier alpha value is -2.03. The Morgan fingerprint density at radius 1 is 1.35 bits per heavy atom.